The zero-order valence-corrected chi connectivity index (χ0v) is 20.0. The van der Waals surface area contributed by atoms with E-state index in [-0.39, 0.29) is 24.0 Å². The van der Waals surface area contributed by atoms with E-state index in [1.165, 1.54) is 0 Å². The van der Waals surface area contributed by atoms with Crippen molar-refractivity contribution < 1.29 is 9.26 Å². The molecule has 3 rings (SSSR count). The Hall–Kier alpha value is -1.97. The van der Waals surface area contributed by atoms with Crippen molar-refractivity contribution in [1.82, 2.24) is 15.8 Å². The molecule has 1 aromatic heterocycles. The third-order valence-electron chi connectivity index (χ3n) is 4.86. The maximum absolute atomic E-state index is 5.50. The summed E-state index contributed by atoms with van der Waals surface area (Å²) >= 11 is 0. The van der Waals surface area contributed by atoms with Crippen molar-refractivity contribution in [2.45, 2.75) is 45.7 Å². The average molecular weight is 513 g/mol. The van der Waals surface area contributed by atoms with E-state index < -0.39 is 0 Å². The minimum absolute atomic E-state index is 0. The number of nitrogens with zero attached hydrogens (tertiary/aromatic N) is 3. The molecule has 1 saturated heterocycles. The molecule has 0 spiro atoms. The second-order valence-corrected chi connectivity index (χ2v) is 7.32. The number of hydrogen-bond acceptors (Lipinski definition) is 5. The van der Waals surface area contributed by atoms with Crippen molar-refractivity contribution in [3.8, 4) is 5.75 Å². The first-order chi connectivity index (χ1) is 13.6. The number of guanidine groups is 1. The molecule has 8 heteroatoms. The van der Waals surface area contributed by atoms with Gasteiger partial charge in [-0.1, -0.05) is 31.1 Å². The fraction of sp³-hybridized carbons (Fsp3) is 0.524. The van der Waals surface area contributed by atoms with Crippen LogP contribution < -0.4 is 20.3 Å². The van der Waals surface area contributed by atoms with Crippen molar-refractivity contribution in [2.75, 3.05) is 31.6 Å². The van der Waals surface area contributed by atoms with Gasteiger partial charge in [0.25, 0.3) is 0 Å². The molecule has 0 amide bonds. The summed E-state index contributed by atoms with van der Waals surface area (Å²) < 4.78 is 10.9. The van der Waals surface area contributed by atoms with Gasteiger partial charge in [0.2, 0.25) is 0 Å². The van der Waals surface area contributed by atoms with E-state index in [1.807, 2.05) is 24.3 Å². The number of rotatable bonds is 7. The van der Waals surface area contributed by atoms with E-state index >= 15 is 0 Å². The molecule has 7 nitrogen and oxygen atoms in total. The van der Waals surface area contributed by atoms with Gasteiger partial charge in [-0.3, -0.25) is 0 Å². The van der Waals surface area contributed by atoms with Gasteiger partial charge in [0.1, 0.15) is 12.3 Å². The van der Waals surface area contributed by atoms with Crippen LogP contribution in [-0.2, 0) is 6.54 Å². The van der Waals surface area contributed by atoms with Crippen LogP contribution in [0.5, 0.6) is 5.75 Å². The van der Waals surface area contributed by atoms with Crippen molar-refractivity contribution >= 4 is 35.6 Å². The lowest BCUT2D eigenvalue weighted by Gasteiger charge is -2.22. The molecule has 0 radical (unpaired) electrons. The quantitative estimate of drug-likeness (QED) is 0.334. The third kappa shape index (κ3) is 6.25. The second-order valence-electron chi connectivity index (χ2n) is 7.32. The first-order valence-corrected chi connectivity index (χ1v) is 9.99. The molecule has 0 aliphatic carbocycles. The Bertz CT molecular complexity index is 793. The lowest BCUT2D eigenvalue weighted by molar-refractivity contribution is 0.376. The summed E-state index contributed by atoms with van der Waals surface area (Å²) in [4.78, 5) is 7.02. The number of methoxy groups -OCH3 is 1. The zero-order chi connectivity index (χ0) is 19.9. The van der Waals surface area contributed by atoms with E-state index in [1.54, 1.807) is 7.11 Å². The largest absolute Gasteiger partial charge is 0.495 e. The highest BCUT2D eigenvalue weighted by Crippen LogP contribution is 2.30. The van der Waals surface area contributed by atoms with Crippen LogP contribution in [0.15, 0.2) is 39.8 Å². The molecule has 1 aliphatic heterocycles. The van der Waals surface area contributed by atoms with Crippen molar-refractivity contribution in [3.63, 3.8) is 0 Å². The van der Waals surface area contributed by atoms with Crippen LogP contribution in [0.25, 0.3) is 0 Å². The van der Waals surface area contributed by atoms with E-state index in [9.17, 15) is 0 Å². The Morgan fingerprint density at radius 3 is 2.86 bits per heavy atom. The first kappa shape index (κ1) is 23.3. The summed E-state index contributed by atoms with van der Waals surface area (Å²) in [5, 5.41) is 11.0. The lowest BCUT2D eigenvalue weighted by atomic mass is 10.1. The van der Waals surface area contributed by atoms with Gasteiger partial charge in [0, 0.05) is 31.7 Å². The van der Waals surface area contributed by atoms with Gasteiger partial charge in [0.15, 0.2) is 11.7 Å². The molecule has 2 heterocycles. The van der Waals surface area contributed by atoms with Crippen LogP contribution in [0.3, 0.4) is 0 Å². The molecule has 1 atom stereocenters. The summed E-state index contributed by atoms with van der Waals surface area (Å²) in [6.07, 6.45) is 1.04. The Balaban J connectivity index is 0.00000300. The Morgan fingerprint density at radius 2 is 2.17 bits per heavy atom. The highest BCUT2D eigenvalue weighted by Gasteiger charge is 2.25. The average Bonchev–Trinajstić information content (AvgIpc) is 3.36. The molecular formula is C21H32IN5O2. The maximum atomic E-state index is 5.50. The van der Waals surface area contributed by atoms with Gasteiger partial charge in [-0.15, -0.1) is 24.0 Å². The summed E-state index contributed by atoms with van der Waals surface area (Å²) in [7, 11) is 1.72. The normalized spacial score (nSPS) is 16.7. The number of para-hydroxylation sites is 2. The Labute approximate surface area is 190 Å². The Morgan fingerprint density at radius 1 is 1.38 bits per heavy atom. The van der Waals surface area contributed by atoms with Crippen LogP contribution in [-0.4, -0.2) is 43.9 Å². The molecule has 2 N–H and O–H groups in total. The highest BCUT2D eigenvalue weighted by molar-refractivity contribution is 14.0. The molecule has 1 fully saturated rings. The van der Waals surface area contributed by atoms with Gasteiger partial charge in [-0.05, 0) is 31.4 Å². The van der Waals surface area contributed by atoms with Crippen molar-refractivity contribution in [1.29, 1.82) is 0 Å². The molecule has 2 aromatic rings. The SMILES string of the molecule is CCNC(=NCc1cc(C(C)C)no1)NC1CCN(c2ccccc2OC)C1.I. The number of aromatic nitrogens is 1. The van der Waals surface area contributed by atoms with Gasteiger partial charge in [-0.2, -0.15) is 0 Å². The molecule has 1 unspecified atom stereocenters. The zero-order valence-electron chi connectivity index (χ0n) is 17.6. The summed E-state index contributed by atoms with van der Waals surface area (Å²) in [5.74, 6) is 2.85. The summed E-state index contributed by atoms with van der Waals surface area (Å²) in [5.41, 5.74) is 2.10. The smallest absolute Gasteiger partial charge is 0.191 e. The predicted octanol–water partition coefficient (Wildman–Crippen LogP) is 3.76. The minimum Gasteiger partial charge on any atom is -0.495 e. The molecule has 160 valence electrons. The standard InChI is InChI=1S/C21H31N5O2.HI/c1-5-22-21(23-13-17-12-18(15(2)3)25-28-17)24-16-10-11-26(14-16)19-8-6-7-9-20(19)27-4;/h6-9,12,15-16H,5,10-11,13-14H2,1-4H3,(H2,22,23,24);1H. The molecule has 0 saturated carbocycles. The number of aliphatic imine (C=N–C) groups is 1. The number of nitrogens with one attached hydrogen (secondary N) is 2. The monoisotopic (exact) mass is 513 g/mol. The molecule has 0 bridgehead atoms. The molecular weight excluding hydrogens is 481 g/mol. The van der Waals surface area contributed by atoms with Crippen LogP contribution in [0.2, 0.25) is 0 Å². The number of benzene rings is 1. The Kier molecular flexibility index (Phi) is 9.06. The van der Waals surface area contributed by atoms with Gasteiger partial charge in [0.05, 0.1) is 18.5 Å². The first-order valence-electron chi connectivity index (χ1n) is 9.99. The van der Waals surface area contributed by atoms with E-state index in [2.05, 4.69) is 52.5 Å². The summed E-state index contributed by atoms with van der Waals surface area (Å²) in [6.45, 7) is 9.44. The lowest BCUT2D eigenvalue weighted by Crippen LogP contribution is -2.44. The van der Waals surface area contributed by atoms with Gasteiger partial charge >= 0.3 is 0 Å². The fourth-order valence-electron chi connectivity index (χ4n) is 3.33. The highest BCUT2D eigenvalue weighted by atomic mass is 127. The third-order valence-corrected chi connectivity index (χ3v) is 4.86. The fourth-order valence-corrected chi connectivity index (χ4v) is 3.33. The maximum Gasteiger partial charge on any atom is 0.191 e. The number of anilines is 1. The van der Waals surface area contributed by atoms with Gasteiger partial charge in [-0.25, -0.2) is 4.99 Å². The van der Waals surface area contributed by atoms with Crippen LogP contribution in [0, 0.1) is 0 Å². The summed E-state index contributed by atoms with van der Waals surface area (Å²) in [6, 6.07) is 10.5. The van der Waals surface area contributed by atoms with Gasteiger partial charge < -0.3 is 24.8 Å². The molecule has 1 aromatic carbocycles. The van der Waals surface area contributed by atoms with Crippen molar-refractivity contribution in [2.24, 2.45) is 4.99 Å². The van der Waals surface area contributed by atoms with Crippen LogP contribution in [0.4, 0.5) is 5.69 Å². The molecule has 29 heavy (non-hydrogen) atoms. The minimum atomic E-state index is 0. The predicted molar refractivity (Wildman–Crippen MR) is 128 cm³/mol. The number of ether oxygens (including phenoxy) is 1. The van der Waals surface area contributed by atoms with Crippen LogP contribution in [0.1, 0.15) is 44.6 Å². The van der Waals surface area contributed by atoms with E-state index in [4.69, 9.17) is 9.26 Å². The number of halogens is 1. The van der Waals surface area contributed by atoms with E-state index in [0.29, 0.717) is 18.5 Å². The van der Waals surface area contributed by atoms with Crippen molar-refractivity contribution in [3.05, 3.63) is 41.8 Å². The second kappa shape index (κ2) is 11.3. The topological polar surface area (TPSA) is 74.9 Å². The van der Waals surface area contributed by atoms with E-state index in [0.717, 1.165) is 54.9 Å². The molecule has 1 aliphatic rings. The van der Waals surface area contributed by atoms with Crippen LogP contribution >= 0.6 is 24.0 Å². The number of hydrogen-bond donors (Lipinski definition) is 2.